The number of carbonyl (C=O) groups is 2. The molecule has 4 bridgehead atoms. The molecule has 0 unspecified atom stereocenters. The van der Waals surface area contributed by atoms with E-state index in [9.17, 15) is 9.59 Å². The first-order valence-electron chi connectivity index (χ1n) is 10.3. The van der Waals surface area contributed by atoms with Crippen molar-refractivity contribution in [2.24, 2.45) is 17.8 Å². The van der Waals surface area contributed by atoms with Gasteiger partial charge in [0, 0.05) is 5.39 Å². The van der Waals surface area contributed by atoms with E-state index in [2.05, 4.69) is 27.2 Å². The Morgan fingerprint density at radius 2 is 1.75 bits per heavy atom. The maximum atomic E-state index is 12.7. The van der Waals surface area contributed by atoms with E-state index in [-0.39, 0.29) is 17.9 Å². The van der Waals surface area contributed by atoms with Gasteiger partial charge < -0.3 is 10.1 Å². The van der Waals surface area contributed by atoms with Crippen LogP contribution in [0.15, 0.2) is 30.3 Å². The summed E-state index contributed by atoms with van der Waals surface area (Å²) in [6, 6.07) is 10.2. The standard InChI is InChI=1S/C23H26N2O3/c1-28-21(26)13-24-22(27)20-9-18(17-4-2-3-5-19(17)25-20)23-10-14-6-15(11-23)8-16(7-14)12-23/h2-5,9,14-16H,6-8,10-13H2,1H3,(H,24,27). The first-order chi connectivity index (χ1) is 13.6. The van der Waals surface area contributed by atoms with Crippen LogP contribution in [0.25, 0.3) is 10.9 Å². The van der Waals surface area contributed by atoms with Gasteiger partial charge in [-0.3, -0.25) is 9.59 Å². The van der Waals surface area contributed by atoms with Crippen LogP contribution in [0.2, 0.25) is 0 Å². The molecule has 0 saturated heterocycles. The predicted octanol–water partition coefficient (Wildman–Crippen LogP) is 3.61. The van der Waals surface area contributed by atoms with E-state index < -0.39 is 5.97 Å². The predicted molar refractivity (Wildman–Crippen MR) is 106 cm³/mol. The van der Waals surface area contributed by atoms with Gasteiger partial charge in [0.2, 0.25) is 0 Å². The molecular formula is C23H26N2O3. The Morgan fingerprint density at radius 1 is 1.11 bits per heavy atom. The van der Waals surface area contributed by atoms with Crippen molar-refractivity contribution < 1.29 is 14.3 Å². The second-order valence-electron chi connectivity index (χ2n) is 9.03. The van der Waals surface area contributed by atoms with Gasteiger partial charge in [-0.2, -0.15) is 0 Å². The summed E-state index contributed by atoms with van der Waals surface area (Å²) in [5, 5.41) is 3.81. The normalized spacial score (nSPS) is 30.4. The number of nitrogens with zero attached hydrogens (tertiary/aromatic N) is 1. The summed E-state index contributed by atoms with van der Waals surface area (Å²) in [6.07, 6.45) is 7.85. The van der Waals surface area contributed by atoms with Gasteiger partial charge in [0.15, 0.2) is 0 Å². The molecule has 28 heavy (non-hydrogen) atoms. The zero-order valence-electron chi connectivity index (χ0n) is 16.2. The van der Waals surface area contributed by atoms with Crippen LogP contribution in [0.1, 0.15) is 54.6 Å². The van der Waals surface area contributed by atoms with Crippen LogP contribution in [0.5, 0.6) is 0 Å². The van der Waals surface area contributed by atoms with Crippen molar-refractivity contribution in [2.45, 2.75) is 43.9 Å². The number of amides is 1. The third-order valence-corrected chi connectivity index (χ3v) is 7.18. The van der Waals surface area contributed by atoms with E-state index in [1.54, 1.807) is 0 Å². The number of esters is 1. The molecule has 5 nitrogen and oxygen atoms in total. The van der Waals surface area contributed by atoms with Gasteiger partial charge in [0.1, 0.15) is 12.2 Å². The van der Waals surface area contributed by atoms with Crippen molar-refractivity contribution in [3.8, 4) is 0 Å². The van der Waals surface area contributed by atoms with Crippen molar-refractivity contribution >= 4 is 22.8 Å². The molecule has 4 fully saturated rings. The highest BCUT2D eigenvalue weighted by Crippen LogP contribution is 2.61. The maximum Gasteiger partial charge on any atom is 0.325 e. The number of fused-ring (bicyclic) bond motifs is 1. The lowest BCUT2D eigenvalue weighted by molar-refractivity contribution is -0.139. The lowest BCUT2D eigenvalue weighted by atomic mass is 9.48. The van der Waals surface area contributed by atoms with Gasteiger partial charge in [-0.25, -0.2) is 4.98 Å². The molecule has 5 heteroatoms. The highest BCUT2D eigenvalue weighted by Gasteiger charge is 2.52. The van der Waals surface area contributed by atoms with Crippen molar-refractivity contribution in [3.63, 3.8) is 0 Å². The van der Waals surface area contributed by atoms with Crippen molar-refractivity contribution in [1.29, 1.82) is 0 Å². The van der Waals surface area contributed by atoms with Crippen LogP contribution in [0, 0.1) is 17.8 Å². The largest absolute Gasteiger partial charge is 0.468 e. The van der Waals surface area contributed by atoms with E-state index in [1.165, 1.54) is 56.6 Å². The molecule has 6 rings (SSSR count). The first-order valence-corrected chi connectivity index (χ1v) is 10.3. The second-order valence-corrected chi connectivity index (χ2v) is 9.03. The summed E-state index contributed by atoms with van der Waals surface area (Å²) in [4.78, 5) is 28.7. The Bertz CT molecular complexity index is 917. The van der Waals surface area contributed by atoms with Gasteiger partial charge >= 0.3 is 5.97 Å². The third kappa shape index (κ3) is 2.88. The summed E-state index contributed by atoms with van der Waals surface area (Å²) in [5.74, 6) is 1.71. The molecule has 1 aromatic carbocycles. The molecule has 1 aromatic heterocycles. The second kappa shape index (κ2) is 6.57. The summed E-state index contributed by atoms with van der Waals surface area (Å²) < 4.78 is 4.62. The molecule has 146 valence electrons. The lowest BCUT2D eigenvalue weighted by Gasteiger charge is -2.57. The molecule has 1 heterocycles. The number of methoxy groups -OCH3 is 1. The van der Waals surface area contributed by atoms with Gasteiger partial charge in [-0.05, 0) is 79.4 Å². The van der Waals surface area contributed by atoms with Crippen LogP contribution in [-0.2, 0) is 14.9 Å². The van der Waals surface area contributed by atoms with E-state index in [1.807, 2.05) is 18.2 Å². The Labute approximate surface area is 164 Å². The van der Waals surface area contributed by atoms with Crippen LogP contribution < -0.4 is 5.32 Å². The summed E-state index contributed by atoms with van der Waals surface area (Å²) in [6.45, 7) is -0.142. The van der Waals surface area contributed by atoms with Crippen LogP contribution in [0.3, 0.4) is 0 Å². The van der Waals surface area contributed by atoms with Gasteiger partial charge in [0.05, 0.1) is 12.6 Å². The fourth-order valence-electron chi connectivity index (χ4n) is 6.49. The number of hydrogen-bond donors (Lipinski definition) is 1. The van der Waals surface area contributed by atoms with E-state index >= 15 is 0 Å². The van der Waals surface area contributed by atoms with Crippen molar-refractivity contribution in [1.82, 2.24) is 10.3 Å². The van der Waals surface area contributed by atoms with Gasteiger partial charge in [-0.15, -0.1) is 0 Å². The number of pyridine rings is 1. The number of nitrogens with one attached hydrogen (secondary N) is 1. The topological polar surface area (TPSA) is 68.3 Å². The zero-order chi connectivity index (χ0) is 19.3. The zero-order valence-corrected chi connectivity index (χ0v) is 16.2. The molecular weight excluding hydrogens is 352 g/mol. The average molecular weight is 378 g/mol. The van der Waals surface area contributed by atoms with Crippen molar-refractivity contribution in [2.75, 3.05) is 13.7 Å². The van der Waals surface area contributed by atoms with E-state index in [4.69, 9.17) is 0 Å². The number of benzene rings is 1. The summed E-state index contributed by atoms with van der Waals surface area (Å²) in [5.41, 5.74) is 2.72. The SMILES string of the molecule is COC(=O)CNC(=O)c1cc(C23CC4CC(CC(C4)C2)C3)c2ccccc2n1. The number of rotatable bonds is 4. The number of para-hydroxylation sites is 1. The van der Waals surface area contributed by atoms with Crippen LogP contribution in [0.4, 0.5) is 0 Å². The summed E-state index contributed by atoms with van der Waals surface area (Å²) >= 11 is 0. The van der Waals surface area contributed by atoms with E-state index in [0.29, 0.717) is 5.69 Å². The Kier molecular flexibility index (Phi) is 4.14. The maximum absolute atomic E-state index is 12.7. The molecule has 4 saturated carbocycles. The molecule has 4 aliphatic rings. The first kappa shape index (κ1) is 17.7. The molecule has 1 amide bonds. The quantitative estimate of drug-likeness (QED) is 0.826. The van der Waals surface area contributed by atoms with E-state index in [0.717, 1.165) is 23.3 Å². The monoisotopic (exact) mass is 378 g/mol. The van der Waals surface area contributed by atoms with Crippen molar-refractivity contribution in [3.05, 3.63) is 41.6 Å². The summed E-state index contributed by atoms with van der Waals surface area (Å²) in [7, 11) is 1.31. The average Bonchev–Trinajstić information content (AvgIpc) is 2.69. The minimum Gasteiger partial charge on any atom is -0.468 e. The minimum atomic E-state index is -0.463. The number of aromatic nitrogens is 1. The number of carbonyl (C=O) groups excluding carboxylic acids is 2. The molecule has 2 aromatic rings. The highest BCUT2D eigenvalue weighted by atomic mass is 16.5. The molecule has 0 aliphatic heterocycles. The fraction of sp³-hybridized carbons (Fsp3) is 0.522. The number of hydrogen-bond acceptors (Lipinski definition) is 4. The highest BCUT2D eigenvalue weighted by molar-refractivity contribution is 5.97. The third-order valence-electron chi connectivity index (χ3n) is 7.18. The minimum absolute atomic E-state index is 0.142. The molecule has 0 spiro atoms. The fourth-order valence-corrected chi connectivity index (χ4v) is 6.49. The molecule has 0 atom stereocenters. The molecule has 1 N–H and O–H groups in total. The molecule has 0 radical (unpaired) electrons. The van der Waals surface area contributed by atoms with Crippen LogP contribution in [-0.4, -0.2) is 30.5 Å². The number of ether oxygens (including phenoxy) is 1. The van der Waals surface area contributed by atoms with Gasteiger partial charge in [-0.1, -0.05) is 18.2 Å². The Hall–Kier alpha value is -2.43. The lowest BCUT2D eigenvalue weighted by Crippen LogP contribution is -2.48. The Balaban J connectivity index is 1.57. The Morgan fingerprint density at radius 3 is 2.39 bits per heavy atom. The molecule has 4 aliphatic carbocycles. The smallest absolute Gasteiger partial charge is 0.325 e. The van der Waals surface area contributed by atoms with Crippen LogP contribution >= 0.6 is 0 Å². The van der Waals surface area contributed by atoms with Gasteiger partial charge in [0.25, 0.3) is 5.91 Å².